The number of nitrogens with zero attached hydrogens (tertiary/aromatic N) is 4. The predicted octanol–water partition coefficient (Wildman–Crippen LogP) is 5.84. The minimum atomic E-state index is 0.369. The normalized spacial score (nSPS) is 16.8. The summed E-state index contributed by atoms with van der Waals surface area (Å²) in [7, 11) is 0. The zero-order valence-corrected chi connectivity index (χ0v) is 20.4. The molecule has 0 saturated carbocycles. The number of rotatable bonds is 6. The Kier molecular flexibility index (Phi) is 6.53. The Balaban J connectivity index is 1.34. The molecule has 2 aromatic carbocycles. The van der Waals surface area contributed by atoms with Crippen molar-refractivity contribution in [3.8, 4) is 17.0 Å². The lowest BCUT2D eigenvalue weighted by Gasteiger charge is -2.33. The summed E-state index contributed by atoms with van der Waals surface area (Å²) >= 11 is 10.0. The van der Waals surface area contributed by atoms with Crippen LogP contribution in [0.4, 0.5) is 5.82 Å². The number of benzene rings is 2. The lowest BCUT2D eigenvalue weighted by molar-refractivity contribution is 0.171. The molecule has 33 heavy (non-hydrogen) atoms. The number of anilines is 1. The van der Waals surface area contributed by atoms with E-state index >= 15 is 0 Å². The summed E-state index contributed by atoms with van der Waals surface area (Å²) in [5.41, 5.74) is 3.43. The highest BCUT2D eigenvalue weighted by Gasteiger charge is 2.21. The van der Waals surface area contributed by atoms with Crippen molar-refractivity contribution in [1.29, 1.82) is 0 Å². The van der Waals surface area contributed by atoms with Crippen LogP contribution in [0.5, 0.6) is 5.75 Å². The zero-order chi connectivity index (χ0) is 22.8. The number of piperidine rings is 1. The molecule has 170 valence electrons. The summed E-state index contributed by atoms with van der Waals surface area (Å²) in [4.78, 5) is 7.21. The smallest absolute Gasteiger partial charge is 0.172 e. The summed E-state index contributed by atoms with van der Waals surface area (Å²) in [5.74, 6) is 1.75. The fourth-order valence-corrected chi connectivity index (χ4v) is 5.05. The van der Waals surface area contributed by atoms with Crippen molar-refractivity contribution < 1.29 is 5.11 Å². The second-order valence-corrected chi connectivity index (χ2v) is 9.75. The van der Waals surface area contributed by atoms with Gasteiger partial charge in [0.05, 0.1) is 16.4 Å². The molecule has 1 aliphatic heterocycles. The van der Waals surface area contributed by atoms with Crippen molar-refractivity contribution in [2.75, 3.05) is 25.0 Å². The van der Waals surface area contributed by atoms with E-state index in [9.17, 15) is 5.11 Å². The van der Waals surface area contributed by atoms with Crippen LogP contribution in [-0.4, -0.2) is 44.2 Å². The average molecular weight is 527 g/mol. The molecule has 1 unspecified atom stereocenters. The fourth-order valence-electron chi connectivity index (χ4n) is 4.46. The summed E-state index contributed by atoms with van der Waals surface area (Å²) in [5, 5.41) is 18.9. The average Bonchev–Trinajstić information content (AvgIpc) is 3.20. The number of hydrogen-bond acceptors (Lipinski definition) is 5. The Hall–Kier alpha value is -2.61. The summed E-state index contributed by atoms with van der Waals surface area (Å²) in [6.45, 7) is 3.63. The molecule has 4 aromatic rings. The zero-order valence-electron chi connectivity index (χ0n) is 18.1. The maximum absolute atomic E-state index is 10.1. The van der Waals surface area contributed by atoms with E-state index in [0.717, 1.165) is 65.4 Å². The third kappa shape index (κ3) is 4.86. The number of nitrogens with one attached hydrogen (secondary N) is 1. The summed E-state index contributed by atoms with van der Waals surface area (Å²) in [6, 6.07) is 17.3. The first-order valence-electron chi connectivity index (χ1n) is 11.1. The highest BCUT2D eigenvalue weighted by atomic mass is 79.9. The molecule has 0 amide bonds. The number of halogens is 2. The van der Waals surface area contributed by atoms with Crippen LogP contribution in [0.2, 0.25) is 5.02 Å². The second kappa shape index (κ2) is 9.71. The van der Waals surface area contributed by atoms with Crippen molar-refractivity contribution in [2.45, 2.75) is 19.4 Å². The second-order valence-electron chi connectivity index (χ2n) is 8.49. The number of phenols is 1. The van der Waals surface area contributed by atoms with Crippen LogP contribution in [0.3, 0.4) is 0 Å². The molecule has 0 spiro atoms. The van der Waals surface area contributed by atoms with Gasteiger partial charge in [-0.15, -0.1) is 0 Å². The van der Waals surface area contributed by atoms with Gasteiger partial charge in [0.2, 0.25) is 0 Å². The highest BCUT2D eigenvalue weighted by Crippen LogP contribution is 2.31. The van der Waals surface area contributed by atoms with E-state index in [2.05, 4.69) is 31.2 Å². The molecule has 5 rings (SSSR count). The largest absolute Gasteiger partial charge is 0.508 e. The molecule has 1 saturated heterocycles. The number of likely N-dealkylation sites (tertiary alicyclic amines) is 1. The Morgan fingerprint density at radius 2 is 1.97 bits per heavy atom. The number of aromatic hydroxyl groups is 1. The van der Waals surface area contributed by atoms with Crippen molar-refractivity contribution in [1.82, 2.24) is 19.5 Å². The molecular weight excluding hydrogens is 502 g/mol. The Morgan fingerprint density at radius 3 is 2.82 bits per heavy atom. The van der Waals surface area contributed by atoms with Crippen LogP contribution in [0, 0.1) is 5.92 Å². The van der Waals surface area contributed by atoms with Gasteiger partial charge in [-0.25, -0.2) is 4.98 Å². The first kappa shape index (κ1) is 22.2. The predicted molar refractivity (Wildman–Crippen MR) is 136 cm³/mol. The maximum atomic E-state index is 10.1. The van der Waals surface area contributed by atoms with Gasteiger partial charge in [0.1, 0.15) is 11.6 Å². The van der Waals surface area contributed by atoms with Gasteiger partial charge >= 0.3 is 0 Å². The van der Waals surface area contributed by atoms with Crippen molar-refractivity contribution in [2.24, 2.45) is 5.92 Å². The van der Waals surface area contributed by atoms with E-state index < -0.39 is 0 Å². The Labute approximate surface area is 206 Å². The number of hydrogen-bond donors (Lipinski definition) is 2. The molecule has 1 atom stereocenters. The van der Waals surface area contributed by atoms with Gasteiger partial charge in [0.15, 0.2) is 5.65 Å². The molecule has 0 bridgehead atoms. The van der Waals surface area contributed by atoms with Crippen LogP contribution in [-0.2, 0) is 6.54 Å². The molecule has 1 fully saturated rings. The number of aromatic nitrogens is 3. The van der Waals surface area contributed by atoms with E-state index in [1.807, 2.05) is 53.0 Å². The number of para-hydroxylation sites is 1. The number of phenolic OH excluding ortho intramolecular Hbond substituents is 1. The van der Waals surface area contributed by atoms with Gasteiger partial charge in [0, 0.05) is 41.9 Å². The molecule has 6 nitrogen and oxygen atoms in total. The minimum absolute atomic E-state index is 0.369. The minimum Gasteiger partial charge on any atom is -0.508 e. The molecular formula is C25H25BrClN5O. The van der Waals surface area contributed by atoms with Crippen molar-refractivity contribution >= 4 is 39.0 Å². The SMILES string of the molecule is Oc1ccccc1CN1CCCC(CNc2cc(-c3ccccc3Cl)nc3c(Br)cnn23)C1. The Morgan fingerprint density at radius 1 is 1.15 bits per heavy atom. The molecule has 2 N–H and O–H groups in total. The fraction of sp³-hybridized carbons (Fsp3) is 0.280. The lowest BCUT2D eigenvalue weighted by Crippen LogP contribution is -2.37. The molecule has 8 heteroatoms. The van der Waals surface area contributed by atoms with Gasteiger partial charge in [-0.3, -0.25) is 4.90 Å². The lowest BCUT2D eigenvalue weighted by atomic mass is 9.97. The highest BCUT2D eigenvalue weighted by molar-refractivity contribution is 9.10. The first-order chi connectivity index (χ1) is 16.1. The van der Waals surface area contributed by atoms with Gasteiger partial charge in [-0.1, -0.05) is 48.0 Å². The summed E-state index contributed by atoms with van der Waals surface area (Å²) < 4.78 is 2.67. The molecule has 1 aliphatic rings. The maximum Gasteiger partial charge on any atom is 0.172 e. The van der Waals surface area contributed by atoms with Crippen molar-refractivity contribution in [3.05, 3.63) is 75.9 Å². The molecule has 3 heterocycles. The van der Waals surface area contributed by atoms with E-state index in [0.29, 0.717) is 16.7 Å². The first-order valence-corrected chi connectivity index (χ1v) is 12.3. The number of fused-ring (bicyclic) bond motifs is 1. The van der Waals surface area contributed by atoms with Crippen molar-refractivity contribution in [3.63, 3.8) is 0 Å². The van der Waals surface area contributed by atoms with Gasteiger partial charge in [-0.05, 0) is 53.4 Å². The van der Waals surface area contributed by atoms with E-state index in [4.69, 9.17) is 16.6 Å². The van der Waals surface area contributed by atoms with Crippen LogP contribution in [0.1, 0.15) is 18.4 Å². The molecule has 0 radical (unpaired) electrons. The van der Waals surface area contributed by atoms with E-state index in [-0.39, 0.29) is 0 Å². The topological polar surface area (TPSA) is 65.7 Å². The van der Waals surface area contributed by atoms with Gasteiger partial charge in [-0.2, -0.15) is 9.61 Å². The monoisotopic (exact) mass is 525 g/mol. The van der Waals surface area contributed by atoms with Crippen LogP contribution < -0.4 is 5.32 Å². The third-order valence-electron chi connectivity index (χ3n) is 6.14. The molecule has 0 aliphatic carbocycles. The van der Waals surface area contributed by atoms with Crippen LogP contribution in [0.15, 0.2) is 65.3 Å². The standard InChI is InChI=1S/C25H25BrClN5O/c26-20-14-29-32-24(12-22(30-25(20)32)19-8-2-3-9-21(19)27)28-13-17-6-5-11-31(15-17)16-18-7-1-4-10-23(18)33/h1-4,7-10,12,14,17,28,33H,5-6,11,13,15-16H2. The van der Waals surface area contributed by atoms with Crippen LogP contribution in [0.25, 0.3) is 16.9 Å². The third-order valence-corrected chi connectivity index (χ3v) is 7.03. The molecule has 2 aromatic heterocycles. The van der Waals surface area contributed by atoms with Gasteiger partial charge < -0.3 is 10.4 Å². The quantitative estimate of drug-likeness (QED) is 0.330. The van der Waals surface area contributed by atoms with E-state index in [1.165, 1.54) is 6.42 Å². The Bertz CT molecular complexity index is 1280. The van der Waals surface area contributed by atoms with Gasteiger partial charge in [0.25, 0.3) is 0 Å². The summed E-state index contributed by atoms with van der Waals surface area (Å²) in [6.07, 6.45) is 4.07. The van der Waals surface area contributed by atoms with Crippen LogP contribution >= 0.6 is 27.5 Å². The van der Waals surface area contributed by atoms with E-state index in [1.54, 1.807) is 12.3 Å².